The zero-order chi connectivity index (χ0) is 18.4. The summed E-state index contributed by atoms with van der Waals surface area (Å²) in [6.45, 7) is 6.03. The molecule has 0 aliphatic carbocycles. The third-order valence-electron chi connectivity index (χ3n) is 4.44. The molecule has 1 N–H and O–H groups in total. The van der Waals surface area contributed by atoms with Gasteiger partial charge in [-0.3, -0.25) is 4.68 Å². The molecule has 0 bridgehead atoms. The van der Waals surface area contributed by atoms with Crippen molar-refractivity contribution in [1.29, 1.82) is 0 Å². The highest BCUT2D eigenvalue weighted by atomic mass is 127. The number of ether oxygens (including phenoxy) is 1. The lowest BCUT2D eigenvalue weighted by atomic mass is 10.0. The Morgan fingerprint density at radius 2 is 2.30 bits per heavy atom. The molecule has 0 amide bonds. The summed E-state index contributed by atoms with van der Waals surface area (Å²) in [7, 11) is 1.96. The number of aromatic nitrogens is 2. The van der Waals surface area contributed by atoms with Gasteiger partial charge in [0.25, 0.3) is 0 Å². The van der Waals surface area contributed by atoms with Crippen LogP contribution in [0, 0.1) is 0 Å². The smallest absolute Gasteiger partial charge is 0.194 e. The fraction of sp³-hybridized carbons (Fsp3) is 0.474. The summed E-state index contributed by atoms with van der Waals surface area (Å²) >= 11 is 5.97. The van der Waals surface area contributed by atoms with Crippen LogP contribution in [0.5, 0.6) is 5.75 Å². The molecule has 1 fully saturated rings. The fourth-order valence-electron chi connectivity index (χ4n) is 3.17. The van der Waals surface area contributed by atoms with E-state index >= 15 is 0 Å². The van der Waals surface area contributed by atoms with Crippen LogP contribution in [0.4, 0.5) is 0 Å². The molecule has 1 unspecified atom stereocenters. The number of hydrogen-bond donors (Lipinski definition) is 1. The molecule has 1 aliphatic rings. The SMILES string of the molecule is CCNC(=NCCOc1cccc(Cl)c1)N1CCC(c2cnn(C)c2)C1.I. The molecule has 8 heteroatoms. The Hall–Kier alpha value is -1.48. The van der Waals surface area contributed by atoms with E-state index in [2.05, 4.69) is 28.4 Å². The van der Waals surface area contributed by atoms with Gasteiger partial charge < -0.3 is 15.0 Å². The van der Waals surface area contributed by atoms with Gasteiger partial charge in [0.1, 0.15) is 12.4 Å². The highest BCUT2D eigenvalue weighted by Gasteiger charge is 2.26. The first-order valence-corrected chi connectivity index (χ1v) is 9.43. The molecule has 1 aromatic heterocycles. The number of guanidine groups is 1. The minimum atomic E-state index is 0. The van der Waals surface area contributed by atoms with Gasteiger partial charge >= 0.3 is 0 Å². The van der Waals surface area contributed by atoms with E-state index in [0.29, 0.717) is 24.1 Å². The summed E-state index contributed by atoms with van der Waals surface area (Å²) < 4.78 is 7.59. The number of nitrogens with zero attached hydrogens (tertiary/aromatic N) is 4. The third kappa shape index (κ3) is 6.27. The monoisotopic (exact) mass is 503 g/mol. The summed E-state index contributed by atoms with van der Waals surface area (Å²) in [6, 6.07) is 7.44. The molecule has 6 nitrogen and oxygen atoms in total. The molecule has 148 valence electrons. The van der Waals surface area contributed by atoms with Crippen molar-refractivity contribution in [3.8, 4) is 5.75 Å². The standard InChI is InChI=1S/C19H26ClN5O.HI/c1-3-21-19(22-8-10-26-18-6-4-5-17(20)11-18)25-9-7-15(14-25)16-12-23-24(2)13-16;/h4-6,11-13,15H,3,7-10,14H2,1-2H3,(H,21,22);1H. The van der Waals surface area contributed by atoms with E-state index < -0.39 is 0 Å². The van der Waals surface area contributed by atoms with Crippen LogP contribution in [0.3, 0.4) is 0 Å². The van der Waals surface area contributed by atoms with E-state index in [-0.39, 0.29) is 24.0 Å². The number of likely N-dealkylation sites (tertiary alicyclic amines) is 1. The molecular formula is C19H27ClIN5O. The quantitative estimate of drug-likeness (QED) is 0.284. The van der Waals surface area contributed by atoms with Crippen LogP contribution in [-0.4, -0.2) is 53.4 Å². The number of rotatable bonds is 6. The molecule has 0 radical (unpaired) electrons. The molecule has 1 saturated heterocycles. The van der Waals surface area contributed by atoms with Gasteiger partial charge in [0, 0.05) is 43.8 Å². The minimum Gasteiger partial charge on any atom is -0.492 e. The van der Waals surface area contributed by atoms with Crippen molar-refractivity contribution in [2.24, 2.45) is 12.0 Å². The summed E-state index contributed by atoms with van der Waals surface area (Å²) in [6.07, 6.45) is 5.20. The summed E-state index contributed by atoms with van der Waals surface area (Å²) in [4.78, 5) is 7.04. The lowest BCUT2D eigenvalue weighted by Gasteiger charge is -2.21. The Bertz CT molecular complexity index is 751. The van der Waals surface area contributed by atoms with E-state index in [1.807, 2.05) is 42.2 Å². The van der Waals surface area contributed by atoms with Crippen molar-refractivity contribution in [3.63, 3.8) is 0 Å². The van der Waals surface area contributed by atoms with E-state index in [0.717, 1.165) is 37.8 Å². The average Bonchev–Trinajstić information content (AvgIpc) is 3.27. The molecule has 0 saturated carbocycles. The van der Waals surface area contributed by atoms with Crippen molar-refractivity contribution >= 4 is 41.5 Å². The van der Waals surface area contributed by atoms with Gasteiger partial charge in [-0.25, -0.2) is 4.99 Å². The Balaban J connectivity index is 0.00000261. The molecule has 0 spiro atoms. The summed E-state index contributed by atoms with van der Waals surface area (Å²) in [5, 5.41) is 8.36. The predicted molar refractivity (Wildman–Crippen MR) is 120 cm³/mol. The van der Waals surface area contributed by atoms with Crippen LogP contribution in [0.15, 0.2) is 41.7 Å². The largest absolute Gasteiger partial charge is 0.492 e. The maximum Gasteiger partial charge on any atom is 0.194 e. The normalized spacial score (nSPS) is 16.9. The topological polar surface area (TPSA) is 54.7 Å². The first-order chi connectivity index (χ1) is 12.7. The first kappa shape index (κ1) is 21.8. The van der Waals surface area contributed by atoms with Gasteiger partial charge in [0.05, 0.1) is 12.7 Å². The molecule has 1 atom stereocenters. The van der Waals surface area contributed by atoms with Crippen molar-refractivity contribution in [2.75, 3.05) is 32.8 Å². The highest BCUT2D eigenvalue weighted by Crippen LogP contribution is 2.26. The van der Waals surface area contributed by atoms with Gasteiger partial charge in [0.15, 0.2) is 5.96 Å². The summed E-state index contributed by atoms with van der Waals surface area (Å²) in [5.41, 5.74) is 1.30. The second-order valence-corrected chi connectivity index (χ2v) is 6.86. The zero-order valence-electron chi connectivity index (χ0n) is 15.8. The zero-order valence-corrected chi connectivity index (χ0v) is 18.9. The predicted octanol–water partition coefficient (Wildman–Crippen LogP) is 3.53. The molecule has 2 heterocycles. The Morgan fingerprint density at radius 1 is 1.44 bits per heavy atom. The maximum atomic E-state index is 5.97. The van der Waals surface area contributed by atoms with Crippen molar-refractivity contribution in [3.05, 3.63) is 47.2 Å². The first-order valence-electron chi connectivity index (χ1n) is 9.06. The number of aryl methyl sites for hydroxylation is 1. The van der Waals surface area contributed by atoms with Gasteiger partial charge in [-0.2, -0.15) is 5.10 Å². The van der Waals surface area contributed by atoms with Gasteiger partial charge in [-0.1, -0.05) is 17.7 Å². The highest BCUT2D eigenvalue weighted by molar-refractivity contribution is 14.0. The van der Waals surface area contributed by atoms with Crippen LogP contribution in [0.2, 0.25) is 5.02 Å². The van der Waals surface area contributed by atoms with Crippen LogP contribution < -0.4 is 10.1 Å². The van der Waals surface area contributed by atoms with Crippen molar-refractivity contribution < 1.29 is 4.74 Å². The Kier molecular flexibility index (Phi) is 8.69. The van der Waals surface area contributed by atoms with Crippen molar-refractivity contribution in [2.45, 2.75) is 19.3 Å². The molecular weight excluding hydrogens is 477 g/mol. The summed E-state index contributed by atoms with van der Waals surface area (Å²) in [5.74, 6) is 2.24. The maximum absolute atomic E-state index is 5.97. The van der Waals surface area contributed by atoms with Gasteiger partial charge in [-0.05, 0) is 37.1 Å². The van der Waals surface area contributed by atoms with Crippen LogP contribution in [0.25, 0.3) is 0 Å². The molecule has 1 aliphatic heterocycles. The third-order valence-corrected chi connectivity index (χ3v) is 4.67. The van der Waals surface area contributed by atoms with E-state index in [4.69, 9.17) is 21.3 Å². The molecule has 1 aromatic carbocycles. The fourth-order valence-corrected chi connectivity index (χ4v) is 3.35. The molecule has 2 aromatic rings. The van der Waals surface area contributed by atoms with Crippen LogP contribution in [0.1, 0.15) is 24.8 Å². The number of nitrogens with one attached hydrogen (secondary N) is 1. The minimum absolute atomic E-state index is 0. The number of hydrogen-bond acceptors (Lipinski definition) is 3. The second-order valence-electron chi connectivity index (χ2n) is 6.42. The number of aliphatic imine (C=N–C) groups is 1. The van der Waals surface area contributed by atoms with Gasteiger partial charge in [-0.15, -0.1) is 24.0 Å². The van der Waals surface area contributed by atoms with Crippen LogP contribution >= 0.6 is 35.6 Å². The van der Waals surface area contributed by atoms with E-state index in [1.54, 1.807) is 0 Å². The molecule has 3 rings (SSSR count). The second kappa shape index (κ2) is 10.8. The molecule has 27 heavy (non-hydrogen) atoms. The Morgan fingerprint density at radius 3 is 3.00 bits per heavy atom. The average molecular weight is 504 g/mol. The Labute approximate surface area is 183 Å². The lowest BCUT2D eigenvalue weighted by Crippen LogP contribution is -2.40. The number of halogens is 2. The van der Waals surface area contributed by atoms with Crippen LogP contribution in [-0.2, 0) is 7.05 Å². The van der Waals surface area contributed by atoms with E-state index in [1.165, 1.54) is 5.56 Å². The number of benzene rings is 1. The van der Waals surface area contributed by atoms with Crippen molar-refractivity contribution in [1.82, 2.24) is 20.0 Å². The lowest BCUT2D eigenvalue weighted by molar-refractivity contribution is 0.327. The van der Waals surface area contributed by atoms with E-state index in [9.17, 15) is 0 Å². The van der Waals surface area contributed by atoms with Gasteiger partial charge in [0.2, 0.25) is 0 Å².